The SMILES string of the molecule is COCCCOc1cc2c(cc1Cl)-c1cc(=O)c(C(=O)O)cn1C(C(C)C)N2C1CC1. The van der Waals surface area contributed by atoms with Gasteiger partial charge in [0.15, 0.2) is 5.43 Å². The monoisotopic (exact) mass is 446 g/mol. The number of carboxylic acids is 1. The fourth-order valence-corrected chi connectivity index (χ4v) is 4.51. The van der Waals surface area contributed by atoms with E-state index in [1.807, 2.05) is 16.7 Å². The normalized spacial score (nSPS) is 17.5. The standard InChI is InChI=1S/C23H27ClN2O5/c1-13(2)22-25-12-16(23(28)29)20(27)10-18(25)15-9-17(24)21(31-8-4-7-30-3)11-19(15)26(22)14-5-6-14/h9-14,22H,4-8H2,1-3H3,(H,28,29). The van der Waals surface area contributed by atoms with Crippen LogP contribution in [-0.4, -0.2) is 42.0 Å². The lowest BCUT2D eigenvalue weighted by atomic mass is 9.97. The summed E-state index contributed by atoms with van der Waals surface area (Å²) in [6.45, 7) is 5.30. The maximum atomic E-state index is 12.5. The number of aromatic carboxylic acids is 1. The van der Waals surface area contributed by atoms with E-state index >= 15 is 0 Å². The highest BCUT2D eigenvalue weighted by molar-refractivity contribution is 6.32. The van der Waals surface area contributed by atoms with E-state index in [0.29, 0.717) is 35.7 Å². The number of aromatic nitrogens is 1. The number of anilines is 1. The lowest BCUT2D eigenvalue weighted by Gasteiger charge is -2.44. The maximum absolute atomic E-state index is 12.5. The van der Waals surface area contributed by atoms with Crippen LogP contribution < -0.4 is 15.1 Å². The summed E-state index contributed by atoms with van der Waals surface area (Å²) in [5.41, 5.74) is 1.72. The van der Waals surface area contributed by atoms with Crippen LogP contribution in [0.1, 0.15) is 49.6 Å². The van der Waals surface area contributed by atoms with E-state index in [0.717, 1.165) is 30.5 Å². The Kier molecular flexibility index (Phi) is 5.99. The zero-order valence-corrected chi connectivity index (χ0v) is 18.7. The Balaban J connectivity index is 1.87. The molecular formula is C23H27ClN2O5. The molecule has 1 unspecified atom stereocenters. The van der Waals surface area contributed by atoms with Crippen molar-refractivity contribution in [2.45, 2.75) is 45.3 Å². The van der Waals surface area contributed by atoms with Crippen LogP contribution in [0.15, 0.2) is 29.2 Å². The molecular weight excluding hydrogens is 420 g/mol. The predicted octanol–water partition coefficient (Wildman–Crippen LogP) is 4.42. The Hall–Kier alpha value is -2.51. The van der Waals surface area contributed by atoms with Gasteiger partial charge in [-0.1, -0.05) is 25.4 Å². The number of nitrogens with zero attached hydrogens (tertiary/aromatic N) is 2. The van der Waals surface area contributed by atoms with E-state index in [1.165, 1.54) is 12.3 Å². The second kappa shape index (κ2) is 8.55. The van der Waals surface area contributed by atoms with Crippen molar-refractivity contribution in [2.24, 2.45) is 5.92 Å². The number of rotatable bonds is 8. The highest BCUT2D eigenvalue weighted by atomic mass is 35.5. The molecule has 0 amide bonds. The van der Waals surface area contributed by atoms with Crippen molar-refractivity contribution in [3.8, 4) is 17.0 Å². The number of carbonyl (C=O) groups is 1. The molecule has 166 valence electrons. The lowest BCUT2D eigenvalue weighted by Crippen LogP contribution is -2.42. The van der Waals surface area contributed by atoms with Crippen molar-refractivity contribution in [3.63, 3.8) is 0 Å². The van der Waals surface area contributed by atoms with Gasteiger partial charge in [-0.15, -0.1) is 0 Å². The van der Waals surface area contributed by atoms with E-state index in [-0.39, 0.29) is 17.6 Å². The van der Waals surface area contributed by atoms with Gasteiger partial charge in [0.25, 0.3) is 0 Å². The van der Waals surface area contributed by atoms with E-state index in [9.17, 15) is 14.7 Å². The molecule has 1 N–H and O–H groups in total. The largest absolute Gasteiger partial charge is 0.492 e. The van der Waals surface area contributed by atoms with Crippen molar-refractivity contribution in [1.29, 1.82) is 0 Å². The lowest BCUT2D eigenvalue weighted by molar-refractivity contribution is 0.0694. The molecule has 4 rings (SSSR count). The Morgan fingerprint density at radius 2 is 2.00 bits per heavy atom. The van der Waals surface area contributed by atoms with Crippen molar-refractivity contribution in [3.05, 3.63) is 45.2 Å². The Morgan fingerprint density at radius 1 is 1.26 bits per heavy atom. The second-order valence-corrected chi connectivity index (χ2v) is 8.85. The highest BCUT2D eigenvalue weighted by Gasteiger charge is 2.41. The fraction of sp³-hybridized carbons (Fsp3) is 0.478. The first-order valence-electron chi connectivity index (χ1n) is 10.6. The topological polar surface area (TPSA) is 81.0 Å². The first kappa shape index (κ1) is 21.7. The molecule has 2 aliphatic rings. The average molecular weight is 447 g/mol. The molecule has 2 heterocycles. The summed E-state index contributed by atoms with van der Waals surface area (Å²) in [7, 11) is 1.65. The number of carboxylic acid groups (broad SMARTS) is 1. The first-order valence-corrected chi connectivity index (χ1v) is 10.9. The van der Waals surface area contributed by atoms with Gasteiger partial charge < -0.3 is 24.0 Å². The van der Waals surface area contributed by atoms with Crippen LogP contribution in [0.25, 0.3) is 11.3 Å². The van der Waals surface area contributed by atoms with Crippen molar-refractivity contribution in [1.82, 2.24) is 4.57 Å². The number of benzene rings is 1. The molecule has 1 aromatic carbocycles. The van der Waals surface area contributed by atoms with Crippen LogP contribution >= 0.6 is 11.6 Å². The van der Waals surface area contributed by atoms with Crippen LogP contribution in [0, 0.1) is 5.92 Å². The smallest absolute Gasteiger partial charge is 0.341 e. The van der Waals surface area contributed by atoms with Gasteiger partial charge >= 0.3 is 5.97 Å². The van der Waals surface area contributed by atoms with Crippen molar-refractivity contribution < 1.29 is 19.4 Å². The van der Waals surface area contributed by atoms with Gasteiger partial charge in [0.05, 0.1) is 23.0 Å². The minimum atomic E-state index is -1.22. The third kappa shape index (κ3) is 4.04. The molecule has 0 saturated heterocycles. The second-order valence-electron chi connectivity index (χ2n) is 8.44. The molecule has 0 spiro atoms. The number of pyridine rings is 1. The minimum absolute atomic E-state index is 0.115. The Morgan fingerprint density at radius 3 is 2.61 bits per heavy atom. The summed E-state index contributed by atoms with van der Waals surface area (Å²) in [5, 5.41) is 9.96. The first-order chi connectivity index (χ1) is 14.8. The number of hydrogen-bond donors (Lipinski definition) is 1. The number of fused-ring (bicyclic) bond motifs is 3. The van der Waals surface area contributed by atoms with Gasteiger partial charge in [-0.2, -0.15) is 0 Å². The molecule has 1 saturated carbocycles. The molecule has 1 fully saturated rings. The maximum Gasteiger partial charge on any atom is 0.341 e. The van der Waals surface area contributed by atoms with Crippen LogP contribution in [-0.2, 0) is 4.74 Å². The molecule has 2 aromatic rings. The van der Waals surface area contributed by atoms with Gasteiger partial charge in [-0.25, -0.2) is 4.79 Å². The number of ether oxygens (including phenoxy) is 2. The molecule has 1 aromatic heterocycles. The number of hydrogen-bond acceptors (Lipinski definition) is 5. The van der Waals surface area contributed by atoms with E-state index in [4.69, 9.17) is 21.1 Å². The molecule has 0 radical (unpaired) electrons. The Labute approximate surface area is 186 Å². The summed E-state index contributed by atoms with van der Waals surface area (Å²) >= 11 is 6.55. The van der Waals surface area contributed by atoms with Crippen molar-refractivity contribution >= 4 is 23.3 Å². The van der Waals surface area contributed by atoms with Crippen molar-refractivity contribution in [2.75, 3.05) is 25.2 Å². The van der Waals surface area contributed by atoms with E-state index < -0.39 is 11.4 Å². The molecule has 7 nitrogen and oxygen atoms in total. The van der Waals surface area contributed by atoms with Crippen LogP contribution in [0.2, 0.25) is 5.02 Å². The fourth-order valence-electron chi connectivity index (χ4n) is 4.29. The zero-order valence-electron chi connectivity index (χ0n) is 17.9. The summed E-state index contributed by atoms with van der Waals surface area (Å²) in [4.78, 5) is 26.5. The number of methoxy groups -OCH3 is 1. The molecule has 1 atom stereocenters. The summed E-state index contributed by atoms with van der Waals surface area (Å²) in [5.74, 6) is -0.439. The minimum Gasteiger partial charge on any atom is -0.492 e. The summed E-state index contributed by atoms with van der Waals surface area (Å²) in [6.07, 6.45) is 4.25. The van der Waals surface area contributed by atoms with Gasteiger partial charge in [-0.05, 0) is 24.8 Å². The molecule has 8 heteroatoms. The summed E-state index contributed by atoms with van der Waals surface area (Å²) in [6, 6.07) is 5.55. The molecule has 0 bridgehead atoms. The zero-order chi connectivity index (χ0) is 22.3. The Bertz CT molecular complexity index is 1060. The van der Waals surface area contributed by atoms with Crippen LogP contribution in [0.4, 0.5) is 5.69 Å². The van der Waals surface area contributed by atoms with Gasteiger partial charge in [0, 0.05) is 50.1 Å². The molecule has 31 heavy (non-hydrogen) atoms. The van der Waals surface area contributed by atoms with Gasteiger partial charge in [0.2, 0.25) is 0 Å². The molecule has 1 aliphatic carbocycles. The highest BCUT2D eigenvalue weighted by Crippen LogP contribution is 2.50. The quantitative estimate of drug-likeness (QED) is 0.604. The predicted molar refractivity (Wildman–Crippen MR) is 119 cm³/mol. The van der Waals surface area contributed by atoms with E-state index in [2.05, 4.69) is 18.7 Å². The third-order valence-corrected chi connectivity index (χ3v) is 6.07. The summed E-state index contributed by atoms with van der Waals surface area (Å²) < 4.78 is 12.9. The third-order valence-electron chi connectivity index (χ3n) is 5.77. The van der Waals surface area contributed by atoms with Gasteiger partial charge in [0.1, 0.15) is 17.5 Å². The average Bonchev–Trinajstić information content (AvgIpc) is 3.55. The van der Waals surface area contributed by atoms with E-state index in [1.54, 1.807) is 7.11 Å². The van der Waals surface area contributed by atoms with Crippen LogP contribution in [0.5, 0.6) is 5.75 Å². The van der Waals surface area contributed by atoms with Crippen LogP contribution in [0.3, 0.4) is 0 Å². The number of halogens is 1. The molecule has 1 aliphatic heterocycles. The van der Waals surface area contributed by atoms with Gasteiger partial charge in [-0.3, -0.25) is 4.79 Å².